The predicted octanol–water partition coefficient (Wildman–Crippen LogP) is 2.91. The molecule has 1 N–H and O–H groups in total. The van der Waals surface area contributed by atoms with Crippen LogP contribution in [0.1, 0.15) is 31.7 Å². The molecule has 0 atom stereocenters. The number of rotatable bonds is 6. The summed E-state index contributed by atoms with van der Waals surface area (Å²) in [7, 11) is 3.95. The van der Waals surface area contributed by atoms with Crippen LogP contribution < -0.4 is 10.1 Å². The largest absolute Gasteiger partial charge is 0.497 e. The zero-order valence-corrected chi connectivity index (χ0v) is 13.1. The first kappa shape index (κ1) is 15.3. The van der Waals surface area contributed by atoms with Crippen LogP contribution in [0.3, 0.4) is 0 Å². The lowest BCUT2D eigenvalue weighted by Gasteiger charge is -2.40. The van der Waals surface area contributed by atoms with E-state index in [1.807, 2.05) is 12.1 Å². The van der Waals surface area contributed by atoms with Crippen LogP contribution in [0.2, 0.25) is 0 Å². The summed E-state index contributed by atoms with van der Waals surface area (Å²) in [6, 6.07) is 8.42. The lowest BCUT2D eigenvalue weighted by molar-refractivity contribution is 0.119. The van der Waals surface area contributed by atoms with Gasteiger partial charge in [-0.2, -0.15) is 0 Å². The second-order valence-electron chi connectivity index (χ2n) is 6.12. The lowest BCUT2D eigenvalue weighted by Crippen LogP contribution is -2.43. The Morgan fingerprint density at radius 1 is 1.20 bits per heavy atom. The van der Waals surface area contributed by atoms with Crippen molar-refractivity contribution in [2.24, 2.45) is 5.41 Å². The molecule has 0 aromatic heterocycles. The Hall–Kier alpha value is -1.06. The number of ether oxygens (including phenoxy) is 1. The molecule has 3 heteroatoms. The normalized spacial score (nSPS) is 18.2. The van der Waals surface area contributed by atoms with E-state index in [0.717, 1.165) is 12.3 Å². The van der Waals surface area contributed by atoms with Crippen molar-refractivity contribution in [2.45, 2.75) is 32.7 Å². The number of nitrogens with one attached hydrogen (secondary N) is 1. The van der Waals surface area contributed by atoms with Gasteiger partial charge >= 0.3 is 0 Å². The van der Waals surface area contributed by atoms with E-state index in [-0.39, 0.29) is 0 Å². The molecule has 112 valence electrons. The minimum absolute atomic E-state index is 0.506. The van der Waals surface area contributed by atoms with Crippen molar-refractivity contribution in [3.63, 3.8) is 0 Å². The van der Waals surface area contributed by atoms with Gasteiger partial charge in [0, 0.05) is 13.1 Å². The van der Waals surface area contributed by atoms with E-state index >= 15 is 0 Å². The van der Waals surface area contributed by atoms with Gasteiger partial charge in [-0.05, 0) is 62.5 Å². The first-order valence-electron chi connectivity index (χ1n) is 7.70. The zero-order chi connectivity index (χ0) is 14.4. The summed E-state index contributed by atoms with van der Waals surface area (Å²) < 4.78 is 5.21. The van der Waals surface area contributed by atoms with Crippen molar-refractivity contribution in [1.29, 1.82) is 0 Å². The Kier molecular flexibility index (Phi) is 5.44. The van der Waals surface area contributed by atoms with Crippen molar-refractivity contribution in [3.8, 4) is 5.75 Å². The van der Waals surface area contributed by atoms with Gasteiger partial charge in [-0.25, -0.2) is 0 Å². The molecule has 1 aromatic rings. The number of piperidine rings is 1. The molecule has 0 amide bonds. The van der Waals surface area contributed by atoms with Gasteiger partial charge in [-0.3, -0.25) is 0 Å². The maximum atomic E-state index is 5.21. The molecule has 0 unspecified atom stereocenters. The summed E-state index contributed by atoms with van der Waals surface area (Å²) >= 11 is 0. The molecular weight excluding hydrogens is 248 g/mol. The Morgan fingerprint density at radius 2 is 1.85 bits per heavy atom. The summed E-state index contributed by atoms with van der Waals surface area (Å²) in [6.45, 7) is 6.89. The average Bonchev–Trinajstić information content (AvgIpc) is 2.49. The van der Waals surface area contributed by atoms with Crippen molar-refractivity contribution >= 4 is 0 Å². The number of nitrogens with zero attached hydrogens (tertiary/aromatic N) is 1. The summed E-state index contributed by atoms with van der Waals surface area (Å²) in [5, 5.41) is 3.48. The van der Waals surface area contributed by atoms with E-state index in [0.29, 0.717) is 5.41 Å². The second-order valence-corrected chi connectivity index (χ2v) is 6.12. The molecule has 0 aliphatic carbocycles. The van der Waals surface area contributed by atoms with Crippen molar-refractivity contribution in [1.82, 2.24) is 10.2 Å². The summed E-state index contributed by atoms with van der Waals surface area (Å²) in [5.74, 6) is 0.930. The van der Waals surface area contributed by atoms with Crippen LogP contribution >= 0.6 is 0 Å². The van der Waals surface area contributed by atoms with E-state index in [1.165, 1.54) is 44.5 Å². The predicted molar refractivity (Wildman–Crippen MR) is 84.2 cm³/mol. The highest BCUT2D eigenvalue weighted by Gasteiger charge is 2.31. The fourth-order valence-corrected chi connectivity index (χ4v) is 3.25. The van der Waals surface area contributed by atoms with Crippen LogP contribution in [0.5, 0.6) is 5.75 Å². The fourth-order valence-electron chi connectivity index (χ4n) is 3.25. The topological polar surface area (TPSA) is 24.5 Å². The van der Waals surface area contributed by atoms with Crippen LogP contribution in [-0.2, 0) is 6.54 Å². The smallest absolute Gasteiger partial charge is 0.118 e. The highest BCUT2D eigenvalue weighted by Crippen LogP contribution is 2.33. The van der Waals surface area contributed by atoms with E-state index in [2.05, 4.69) is 36.3 Å². The second kappa shape index (κ2) is 7.09. The van der Waals surface area contributed by atoms with Crippen LogP contribution in [0, 0.1) is 5.41 Å². The number of methoxy groups -OCH3 is 1. The highest BCUT2D eigenvalue weighted by atomic mass is 16.5. The Bertz CT molecular complexity index is 396. The quantitative estimate of drug-likeness (QED) is 0.864. The van der Waals surface area contributed by atoms with E-state index in [1.54, 1.807) is 7.11 Å². The van der Waals surface area contributed by atoms with E-state index < -0.39 is 0 Å². The summed E-state index contributed by atoms with van der Waals surface area (Å²) in [6.07, 6.45) is 3.88. The van der Waals surface area contributed by atoms with Gasteiger partial charge in [0.25, 0.3) is 0 Å². The maximum Gasteiger partial charge on any atom is 0.118 e. The molecule has 3 nitrogen and oxygen atoms in total. The van der Waals surface area contributed by atoms with Crippen LogP contribution in [0.4, 0.5) is 0 Å². The van der Waals surface area contributed by atoms with Crippen molar-refractivity contribution in [2.75, 3.05) is 33.8 Å². The molecule has 0 radical (unpaired) electrons. The van der Waals surface area contributed by atoms with E-state index in [4.69, 9.17) is 4.74 Å². The highest BCUT2D eigenvalue weighted by molar-refractivity contribution is 5.27. The molecule has 1 aromatic carbocycles. The molecule has 0 bridgehead atoms. The standard InChI is InChI=1S/C17H28N2O/c1-4-17(9-11-18-12-10-17)14-19(2)13-15-5-7-16(20-3)8-6-15/h5-8,18H,4,9-14H2,1-3H3. The number of benzene rings is 1. The molecule has 2 rings (SSSR count). The monoisotopic (exact) mass is 276 g/mol. The molecule has 0 spiro atoms. The lowest BCUT2D eigenvalue weighted by atomic mass is 9.76. The van der Waals surface area contributed by atoms with Gasteiger partial charge in [-0.15, -0.1) is 0 Å². The molecular formula is C17H28N2O. The van der Waals surface area contributed by atoms with Crippen LogP contribution in [-0.4, -0.2) is 38.7 Å². The molecule has 1 aliphatic rings. The Balaban J connectivity index is 1.91. The number of hydrogen-bond acceptors (Lipinski definition) is 3. The minimum atomic E-state index is 0.506. The molecule has 1 heterocycles. The third kappa shape index (κ3) is 3.97. The van der Waals surface area contributed by atoms with Crippen LogP contribution in [0.25, 0.3) is 0 Å². The first-order chi connectivity index (χ1) is 9.67. The van der Waals surface area contributed by atoms with E-state index in [9.17, 15) is 0 Å². The molecule has 1 saturated heterocycles. The van der Waals surface area contributed by atoms with Gasteiger partial charge in [0.05, 0.1) is 7.11 Å². The first-order valence-corrected chi connectivity index (χ1v) is 7.70. The Labute approximate surface area is 123 Å². The minimum Gasteiger partial charge on any atom is -0.497 e. The zero-order valence-electron chi connectivity index (χ0n) is 13.1. The van der Waals surface area contributed by atoms with Crippen molar-refractivity contribution < 1.29 is 4.74 Å². The van der Waals surface area contributed by atoms with Gasteiger partial charge in [0.15, 0.2) is 0 Å². The molecule has 1 fully saturated rings. The number of hydrogen-bond donors (Lipinski definition) is 1. The SMILES string of the molecule is CCC1(CN(C)Cc2ccc(OC)cc2)CCNCC1. The molecule has 1 aliphatic heterocycles. The fraction of sp³-hybridized carbons (Fsp3) is 0.647. The average molecular weight is 276 g/mol. The van der Waals surface area contributed by atoms with Gasteiger partial charge in [0.2, 0.25) is 0 Å². The van der Waals surface area contributed by atoms with Gasteiger partial charge < -0.3 is 15.0 Å². The maximum absolute atomic E-state index is 5.21. The van der Waals surface area contributed by atoms with Crippen molar-refractivity contribution in [3.05, 3.63) is 29.8 Å². The van der Waals surface area contributed by atoms with Gasteiger partial charge in [-0.1, -0.05) is 19.1 Å². The summed E-state index contributed by atoms with van der Waals surface area (Å²) in [4.78, 5) is 2.47. The molecule has 0 saturated carbocycles. The summed E-state index contributed by atoms with van der Waals surface area (Å²) in [5.41, 5.74) is 1.86. The molecule has 20 heavy (non-hydrogen) atoms. The third-order valence-electron chi connectivity index (χ3n) is 4.63. The van der Waals surface area contributed by atoms with Crippen LogP contribution in [0.15, 0.2) is 24.3 Å². The van der Waals surface area contributed by atoms with Gasteiger partial charge in [0.1, 0.15) is 5.75 Å². The third-order valence-corrected chi connectivity index (χ3v) is 4.63. The Morgan fingerprint density at radius 3 is 2.40 bits per heavy atom.